The van der Waals surface area contributed by atoms with Crippen molar-refractivity contribution in [1.29, 1.82) is 0 Å². The van der Waals surface area contributed by atoms with E-state index in [1.165, 1.54) is 0 Å². The van der Waals surface area contributed by atoms with E-state index in [0.29, 0.717) is 6.42 Å². The monoisotopic (exact) mass is 342 g/mol. The van der Waals surface area contributed by atoms with Gasteiger partial charge in [-0.2, -0.15) is 5.10 Å². The SMILES string of the molecule is OC(Cc1cccc(Br)c1)c1ccnn1-c1ccccc1. The molecule has 1 aromatic heterocycles. The van der Waals surface area contributed by atoms with E-state index in [1.807, 2.05) is 60.7 Å². The Balaban J connectivity index is 1.86. The van der Waals surface area contributed by atoms with E-state index >= 15 is 0 Å². The van der Waals surface area contributed by atoms with Crippen molar-refractivity contribution >= 4 is 15.9 Å². The summed E-state index contributed by atoms with van der Waals surface area (Å²) in [6.07, 6.45) is 1.67. The van der Waals surface area contributed by atoms with E-state index in [4.69, 9.17) is 0 Å². The van der Waals surface area contributed by atoms with Gasteiger partial charge in [-0.3, -0.25) is 0 Å². The van der Waals surface area contributed by atoms with Gasteiger partial charge in [-0.1, -0.05) is 46.3 Å². The van der Waals surface area contributed by atoms with Gasteiger partial charge in [0.2, 0.25) is 0 Å². The third-order valence-electron chi connectivity index (χ3n) is 3.33. The van der Waals surface area contributed by atoms with Crippen LogP contribution in [0, 0.1) is 0 Å². The Morgan fingerprint density at radius 3 is 2.62 bits per heavy atom. The number of halogens is 1. The van der Waals surface area contributed by atoms with E-state index in [-0.39, 0.29) is 0 Å². The highest BCUT2D eigenvalue weighted by molar-refractivity contribution is 9.10. The number of aliphatic hydroxyl groups is 1. The van der Waals surface area contributed by atoms with Gasteiger partial charge in [0.25, 0.3) is 0 Å². The fourth-order valence-corrected chi connectivity index (χ4v) is 2.79. The number of benzene rings is 2. The van der Waals surface area contributed by atoms with Gasteiger partial charge in [0.15, 0.2) is 0 Å². The third-order valence-corrected chi connectivity index (χ3v) is 3.83. The van der Waals surface area contributed by atoms with Gasteiger partial charge in [0, 0.05) is 17.1 Å². The quantitative estimate of drug-likeness (QED) is 0.780. The highest BCUT2D eigenvalue weighted by Gasteiger charge is 2.15. The highest BCUT2D eigenvalue weighted by atomic mass is 79.9. The summed E-state index contributed by atoms with van der Waals surface area (Å²) in [5.74, 6) is 0. The van der Waals surface area contributed by atoms with Crippen LogP contribution in [0.3, 0.4) is 0 Å². The molecule has 0 aliphatic rings. The van der Waals surface area contributed by atoms with Crippen LogP contribution < -0.4 is 0 Å². The molecule has 0 saturated heterocycles. The van der Waals surface area contributed by atoms with Crippen LogP contribution in [0.4, 0.5) is 0 Å². The van der Waals surface area contributed by atoms with Crippen LogP contribution in [0.5, 0.6) is 0 Å². The molecule has 1 unspecified atom stereocenters. The first kappa shape index (κ1) is 14.0. The van der Waals surface area contributed by atoms with Gasteiger partial charge in [-0.15, -0.1) is 0 Å². The number of rotatable bonds is 4. The van der Waals surface area contributed by atoms with Gasteiger partial charge >= 0.3 is 0 Å². The second kappa shape index (κ2) is 6.24. The maximum atomic E-state index is 10.5. The van der Waals surface area contributed by atoms with Crippen LogP contribution in [0.1, 0.15) is 17.4 Å². The van der Waals surface area contributed by atoms with Crippen molar-refractivity contribution < 1.29 is 5.11 Å². The molecule has 2 aromatic carbocycles. The van der Waals surface area contributed by atoms with Gasteiger partial charge in [0.05, 0.1) is 11.4 Å². The first-order chi connectivity index (χ1) is 10.2. The fraction of sp³-hybridized carbons (Fsp3) is 0.118. The molecule has 3 rings (SSSR count). The molecular weight excluding hydrogens is 328 g/mol. The Morgan fingerprint density at radius 1 is 1.05 bits per heavy atom. The fourth-order valence-electron chi connectivity index (χ4n) is 2.34. The molecule has 0 fully saturated rings. The molecule has 1 atom stereocenters. The van der Waals surface area contributed by atoms with Crippen molar-refractivity contribution in [3.05, 3.63) is 82.6 Å². The zero-order chi connectivity index (χ0) is 14.7. The average molecular weight is 343 g/mol. The molecule has 21 heavy (non-hydrogen) atoms. The molecule has 3 aromatic rings. The van der Waals surface area contributed by atoms with Crippen molar-refractivity contribution in [2.75, 3.05) is 0 Å². The van der Waals surface area contributed by atoms with Crippen LogP contribution in [0.15, 0.2) is 71.3 Å². The van der Waals surface area contributed by atoms with Gasteiger partial charge in [-0.05, 0) is 35.9 Å². The molecule has 4 heteroatoms. The zero-order valence-corrected chi connectivity index (χ0v) is 12.9. The second-order valence-corrected chi connectivity index (χ2v) is 5.77. The maximum Gasteiger partial charge on any atom is 0.100 e. The van der Waals surface area contributed by atoms with Crippen molar-refractivity contribution in [3.8, 4) is 5.69 Å². The lowest BCUT2D eigenvalue weighted by Gasteiger charge is -2.13. The predicted octanol–water partition coefficient (Wildman–Crippen LogP) is 3.91. The summed E-state index contributed by atoms with van der Waals surface area (Å²) < 4.78 is 2.80. The largest absolute Gasteiger partial charge is 0.386 e. The standard InChI is InChI=1S/C17H15BrN2O/c18-14-6-4-5-13(11-14)12-17(21)16-9-10-19-20(16)15-7-2-1-3-8-15/h1-11,17,21H,12H2. The summed E-state index contributed by atoms with van der Waals surface area (Å²) in [6, 6.07) is 19.7. The van der Waals surface area contributed by atoms with Crippen molar-refractivity contribution in [2.45, 2.75) is 12.5 Å². The molecule has 106 valence electrons. The minimum Gasteiger partial charge on any atom is -0.386 e. The lowest BCUT2D eigenvalue weighted by Crippen LogP contribution is -2.09. The Bertz CT molecular complexity index is 724. The van der Waals surface area contributed by atoms with E-state index in [0.717, 1.165) is 21.4 Å². The van der Waals surface area contributed by atoms with Gasteiger partial charge in [-0.25, -0.2) is 4.68 Å². The molecule has 0 amide bonds. The highest BCUT2D eigenvalue weighted by Crippen LogP contribution is 2.22. The summed E-state index contributed by atoms with van der Waals surface area (Å²) >= 11 is 3.45. The number of hydrogen-bond acceptors (Lipinski definition) is 2. The smallest absolute Gasteiger partial charge is 0.100 e. The second-order valence-electron chi connectivity index (χ2n) is 4.85. The van der Waals surface area contributed by atoms with Gasteiger partial charge in [0.1, 0.15) is 6.10 Å². The molecule has 3 nitrogen and oxygen atoms in total. The van der Waals surface area contributed by atoms with Gasteiger partial charge < -0.3 is 5.11 Å². The van der Waals surface area contributed by atoms with Crippen LogP contribution in [-0.2, 0) is 6.42 Å². The molecular formula is C17H15BrN2O. The minimum atomic E-state index is -0.595. The maximum absolute atomic E-state index is 10.5. The van der Waals surface area contributed by atoms with Crippen LogP contribution >= 0.6 is 15.9 Å². The molecule has 0 spiro atoms. The number of aliphatic hydroxyl groups excluding tert-OH is 1. The van der Waals surface area contributed by atoms with Crippen molar-refractivity contribution in [1.82, 2.24) is 9.78 Å². The number of aromatic nitrogens is 2. The lowest BCUT2D eigenvalue weighted by molar-refractivity contribution is 0.170. The summed E-state index contributed by atoms with van der Waals surface area (Å²) in [5, 5.41) is 14.8. The van der Waals surface area contributed by atoms with Crippen LogP contribution in [0.25, 0.3) is 5.69 Å². The molecule has 0 bridgehead atoms. The lowest BCUT2D eigenvalue weighted by atomic mass is 10.1. The number of hydrogen-bond donors (Lipinski definition) is 1. The summed E-state index contributed by atoms with van der Waals surface area (Å²) in [6.45, 7) is 0. The van der Waals surface area contributed by atoms with E-state index in [2.05, 4.69) is 21.0 Å². The molecule has 0 saturated carbocycles. The Labute approximate surface area is 132 Å². The zero-order valence-electron chi connectivity index (χ0n) is 11.4. The first-order valence-electron chi connectivity index (χ1n) is 6.76. The number of nitrogens with zero attached hydrogens (tertiary/aromatic N) is 2. The topological polar surface area (TPSA) is 38.1 Å². The van der Waals surface area contributed by atoms with Crippen LogP contribution in [-0.4, -0.2) is 14.9 Å². The summed E-state index contributed by atoms with van der Waals surface area (Å²) in [4.78, 5) is 0. The Hall–Kier alpha value is -1.91. The third kappa shape index (κ3) is 3.23. The normalized spacial score (nSPS) is 12.3. The molecule has 1 heterocycles. The average Bonchev–Trinajstić information content (AvgIpc) is 2.98. The van der Waals surface area contributed by atoms with Crippen LogP contribution in [0.2, 0.25) is 0 Å². The predicted molar refractivity (Wildman–Crippen MR) is 86.4 cm³/mol. The van der Waals surface area contributed by atoms with E-state index in [9.17, 15) is 5.11 Å². The molecule has 1 N–H and O–H groups in total. The molecule has 0 aliphatic carbocycles. The summed E-state index contributed by atoms with van der Waals surface area (Å²) in [5.41, 5.74) is 2.82. The first-order valence-corrected chi connectivity index (χ1v) is 7.55. The Kier molecular flexibility index (Phi) is 4.18. The minimum absolute atomic E-state index is 0.554. The number of para-hydroxylation sites is 1. The molecule has 0 aliphatic heterocycles. The van der Waals surface area contributed by atoms with Crippen molar-refractivity contribution in [3.63, 3.8) is 0 Å². The van der Waals surface area contributed by atoms with E-state index in [1.54, 1.807) is 10.9 Å². The Morgan fingerprint density at radius 2 is 1.86 bits per heavy atom. The van der Waals surface area contributed by atoms with E-state index < -0.39 is 6.10 Å². The van der Waals surface area contributed by atoms with Crippen molar-refractivity contribution in [2.24, 2.45) is 0 Å². The molecule has 0 radical (unpaired) electrons. The summed E-state index contributed by atoms with van der Waals surface area (Å²) in [7, 11) is 0.